The van der Waals surface area contributed by atoms with E-state index < -0.39 is 0 Å². The summed E-state index contributed by atoms with van der Waals surface area (Å²) in [5.41, 5.74) is 1.65. The molecule has 5 heteroatoms. The van der Waals surface area contributed by atoms with Gasteiger partial charge in [0.1, 0.15) is 12.4 Å². The van der Waals surface area contributed by atoms with E-state index in [1.54, 1.807) is 42.5 Å². The molecule has 0 amide bonds. The molecule has 1 N–H and O–H groups in total. The molecule has 4 aromatic rings. The van der Waals surface area contributed by atoms with Gasteiger partial charge in [-0.15, -0.1) is 0 Å². The zero-order chi connectivity index (χ0) is 17.9. The monoisotopic (exact) mass is 344 g/mol. The molecule has 1 heterocycles. The lowest BCUT2D eigenvalue weighted by molar-refractivity contribution is 0.0945. The van der Waals surface area contributed by atoms with Gasteiger partial charge in [0.15, 0.2) is 0 Å². The predicted molar refractivity (Wildman–Crippen MR) is 99.5 cm³/mol. The first-order chi connectivity index (χ1) is 12.7. The molecule has 4 rings (SSSR count). The van der Waals surface area contributed by atoms with E-state index in [1.165, 1.54) is 4.68 Å². The molecule has 0 saturated heterocycles. The summed E-state index contributed by atoms with van der Waals surface area (Å²) in [6.45, 7) is 0.355. The topological polar surface area (TPSA) is 64.1 Å². The fourth-order valence-electron chi connectivity index (χ4n) is 2.87. The van der Waals surface area contributed by atoms with Gasteiger partial charge in [0.25, 0.3) is 11.5 Å². The van der Waals surface area contributed by atoms with Crippen LogP contribution in [0.15, 0.2) is 83.7 Å². The minimum atomic E-state index is -0.341. The molecule has 1 aromatic heterocycles. The number of nitrogens with zero attached hydrogens (tertiary/aromatic N) is 1. The normalized spacial score (nSPS) is 10.8. The van der Waals surface area contributed by atoms with Gasteiger partial charge < -0.3 is 4.74 Å². The van der Waals surface area contributed by atoms with Crippen LogP contribution in [0.5, 0.6) is 5.75 Å². The third-order valence-corrected chi connectivity index (χ3v) is 4.16. The minimum Gasteiger partial charge on any atom is -0.488 e. The number of carbonyl (C=O) groups is 1. The molecule has 0 atom stereocenters. The summed E-state index contributed by atoms with van der Waals surface area (Å²) in [4.78, 5) is 25.1. The van der Waals surface area contributed by atoms with Gasteiger partial charge in [-0.1, -0.05) is 54.6 Å². The Balaban J connectivity index is 1.69. The van der Waals surface area contributed by atoms with Crippen molar-refractivity contribution in [3.8, 4) is 5.75 Å². The van der Waals surface area contributed by atoms with E-state index in [9.17, 15) is 9.59 Å². The van der Waals surface area contributed by atoms with Gasteiger partial charge in [-0.25, -0.2) is 4.68 Å². The number of carbonyl (C=O) groups excluding carboxylic acids is 1. The molecule has 128 valence electrons. The minimum absolute atomic E-state index is 0.295. The Morgan fingerprint density at radius 2 is 1.58 bits per heavy atom. The van der Waals surface area contributed by atoms with Crippen LogP contribution in [0, 0.1) is 0 Å². The molecule has 0 unspecified atom stereocenters. The first-order valence-corrected chi connectivity index (χ1v) is 8.24. The summed E-state index contributed by atoms with van der Waals surface area (Å²) >= 11 is 0. The van der Waals surface area contributed by atoms with E-state index in [-0.39, 0.29) is 11.5 Å². The van der Waals surface area contributed by atoms with E-state index in [0.717, 1.165) is 5.56 Å². The lowest BCUT2D eigenvalue weighted by Gasteiger charge is -2.11. The number of H-pyrrole nitrogens is 1. The second-order valence-corrected chi connectivity index (χ2v) is 5.87. The second kappa shape index (κ2) is 6.72. The van der Waals surface area contributed by atoms with Crippen molar-refractivity contribution in [2.24, 2.45) is 0 Å². The molecule has 0 aliphatic rings. The molecule has 0 aliphatic carbocycles. The highest BCUT2D eigenvalue weighted by molar-refractivity contribution is 6.02. The Morgan fingerprint density at radius 1 is 0.885 bits per heavy atom. The maximum atomic E-state index is 13.0. The summed E-state index contributed by atoms with van der Waals surface area (Å²) in [5, 5.41) is 3.08. The molecule has 0 saturated carbocycles. The molecular weight excluding hydrogens is 328 g/mol. The van der Waals surface area contributed by atoms with Crippen LogP contribution in [0.1, 0.15) is 15.9 Å². The van der Waals surface area contributed by atoms with E-state index in [1.807, 2.05) is 36.4 Å². The Kier molecular flexibility index (Phi) is 4.11. The van der Waals surface area contributed by atoms with Crippen LogP contribution in [-0.2, 0) is 6.61 Å². The molecule has 0 fully saturated rings. The fourth-order valence-corrected chi connectivity index (χ4v) is 2.87. The van der Waals surface area contributed by atoms with E-state index in [2.05, 4.69) is 5.10 Å². The molecule has 0 spiro atoms. The summed E-state index contributed by atoms with van der Waals surface area (Å²) in [5.74, 6) is 0.131. The predicted octanol–water partition coefficient (Wildman–Crippen LogP) is 3.60. The van der Waals surface area contributed by atoms with Gasteiger partial charge in [-0.2, -0.15) is 0 Å². The molecule has 0 radical (unpaired) electrons. The van der Waals surface area contributed by atoms with Crippen molar-refractivity contribution in [2.45, 2.75) is 6.61 Å². The maximum Gasteiger partial charge on any atom is 0.280 e. The summed E-state index contributed by atoms with van der Waals surface area (Å²) in [7, 11) is 0. The standard InChI is InChI=1S/C21H16N2O3/c24-20-16-10-4-6-12-18(16)23(22-20)21(25)17-11-5-7-13-19(17)26-14-15-8-2-1-3-9-15/h1-13H,14H2,(H,22,24). The average Bonchev–Trinajstić information content (AvgIpc) is 3.04. The number of benzene rings is 3. The maximum absolute atomic E-state index is 13.0. The van der Waals surface area contributed by atoms with Crippen LogP contribution >= 0.6 is 0 Å². The van der Waals surface area contributed by atoms with Gasteiger partial charge in [-0.05, 0) is 29.8 Å². The number of hydrogen-bond acceptors (Lipinski definition) is 3. The SMILES string of the molecule is O=C(c1ccccc1OCc1ccccc1)n1[nH]c(=O)c2ccccc21. The first kappa shape index (κ1) is 15.9. The lowest BCUT2D eigenvalue weighted by atomic mass is 10.1. The van der Waals surface area contributed by atoms with Crippen molar-refractivity contribution in [1.82, 2.24) is 9.78 Å². The van der Waals surface area contributed by atoms with Gasteiger partial charge in [0.05, 0.1) is 16.5 Å². The summed E-state index contributed by atoms with van der Waals surface area (Å²) in [6.07, 6.45) is 0. The van der Waals surface area contributed by atoms with Crippen LogP contribution in [0.4, 0.5) is 0 Å². The molecule has 26 heavy (non-hydrogen) atoms. The number of ether oxygens (including phenoxy) is 1. The molecule has 5 nitrogen and oxygen atoms in total. The Labute approximate surface area is 149 Å². The number of hydrogen-bond donors (Lipinski definition) is 1. The van der Waals surface area contributed by atoms with Gasteiger partial charge in [0, 0.05) is 0 Å². The van der Waals surface area contributed by atoms with E-state index >= 15 is 0 Å². The highest BCUT2D eigenvalue weighted by atomic mass is 16.5. The zero-order valence-electron chi connectivity index (χ0n) is 13.9. The molecule has 0 aliphatic heterocycles. The van der Waals surface area contributed by atoms with Gasteiger partial charge in [-0.3, -0.25) is 14.7 Å². The number of nitrogens with one attached hydrogen (secondary N) is 1. The van der Waals surface area contributed by atoms with Crippen molar-refractivity contribution in [1.29, 1.82) is 0 Å². The summed E-state index contributed by atoms with van der Waals surface area (Å²) in [6, 6.07) is 23.7. The van der Waals surface area contributed by atoms with Crippen molar-refractivity contribution in [3.05, 3.63) is 100 Å². The largest absolute Gasteiger partial charge is 0.488 e. The average molecular weight is 344 g/mol. The van der Waals surface area contributed by atoms with Crippen LogP contribution in [0.25, 0.3) is 10.9 Å². The van der Waals surface area contributed by atoms with Crippen molar-refractivity contribution >= 4 is 16.8 Å². The Morgan fingerprint density at radius 3 is 2.42 bits per heavy atom. The third kappa shape index (κ3) is 2.91. The highest BCUT2D eigenvalue weighted by Crippen LogP contribution is 2.22. The van der Waals surface area contributed by atoms with Crippen LogP contribution in [0.3, 0.4) is 0 Å². The van der Waals surface area contributed by atoms with Crippen molar-refractivity contribution in [3.63, 3.8) is 0 Å². The Bertz CT molecular complexity index is 1130. The summed E-state index contributed by atoms with van der Waals surface area (Å²) < 4.78 is 7.12. The fraction of sp³-hybridized carbons (Fsp3) is 0.0476. The van der Waals surface area contributed by atoms with Crippen LogP contribution < -0.4 is 10.3 Å². The number of fused-ring (bicyclic) bond motifs is 1. The Hall–Kier alpha value is -3.60. The molecule has 3 aromatic carbocycles. The van der Waals surface area contributed by atoms with Crippen molar-refractivity contribution in [2.75, 3.05) is 0 Å². The number of aromatic amines is 1. The van der Waals surface area contributed by atoms with Gasteiger partial charge >= 0.3 is 0 Å². The van der Waals surface area contributed by atoms with Gasteiger partial charge in [0.2, 0.25) is 0 Å². The first-order valence-electron chi connectivity index (χ1n) is 8.24. The number of para-hydroxylation sites is 2. The second-order valence-electron chi connectivity index (χ2n) is 5.87. The van der Waals surface area contributed by atoms with E-state index in [0.29, 0.717) is 28.8 Å². The highest BCUT2D eigenvalue weighted by Gasteiger charge is 2.18. The smallest absolute Gasteiger partial charge is 0.280 e. The zero-order valence-corrected chi connectivity index (χ0v) is 13.9. The van der Waals surface area contributed by atoms with Crippen molar-refractivity contribution < 1.29 is 9.53 Å². The lowest BCUT2D eigenvalue weighted by Crippen LogP contribution is -2.17. The quantitative estimate of drug-likeness (QED) is 0.615. The van der Waals surface area contributed by atoms with Crippen LogP contribution in [-0.4, -0.2) is 15.7 Å². The third-order valence-electron chi connectivity index (χ3n) is 4.16. The van der Waals surface area contributed by atoms with Crippen LogP contribution in [0.2, 0.25) is 0 Å². The number of aromatic nitrogens is 2. The van der Waals surface area contributed by atoms with E-state index in [4.69, 9.17) is 4.74 Å². The molecule has 0 bridgehead atoms. The number of rotatable bonds is 4. The molecular formula is C21H16N2O3.